The Bertz CT molecular complexity index is 342. The van der Waals surface area contributed by atoms with Gasteiger partial charge >= 0.3 is 0 Å². The first-order chi connectivity index (χ1) is 8.57. The third kappa shape index (κ3) is 1.60. The fourth-order valence-electron chi connectivity index (χ4n) is 3.65. The van der Waals surface area contributed by atoms with E-state index < -0.39 is 19.3 Å². The Hall–Kier alpha value is -0.150. The van der Waals surface area contributed by atoms with E-state index in [1.54, 1.807) is 0 Å². The van der Waals surface area contributed by atoms with Crippen molar-refractivity contribution >= 4 is 0 Å². The molecule has 0 aromatic rings. The third-order valence-electron chi connectivity index (χ3n) is 4.54. The average molecular weight is 232 g/mol. The fraction of sp³-hybridized carbons (Fsp3) is 1.00. The van der Waals surface area contributed by atoms with E-state index in [4.69, 9.17) is 8.85 Å². The zero-order valence-corrected chi connectivity index (χ0v) is 10.4. The Kier molecular flexibility index (Phi) is 2.19. The van der Waals surface area contributed by atoms with Crippen molar-refractivity contribution in [3.05, 3.63) is 0 Å². The molecule has 2 nitrogen and oxygen atoms in total. The Morgan fingerprint density at radius 1 is 1.56 bits per heavy atom. The van der Waals surface area contributed by atoms with Crippen LogP contribution in [0.1, 0.15) is 44.1 Å². The van der Waals surface area contributed by atoms with Gasteiger partial charge < -0.3 is 4.74 Å². The van der Waals surface area contributed by atoms with Crippen LogP contribution in [0, 0.1) is 5.41 Å². The molecule has 94 valence electrons. The molecule has 2 fully saturated rings. The van der Waals surface area contributed by atoms with Gasteiger partial charge in [0.1, 0.15) is 6.17 Å². The lowest BCUT2D eigenvalue weighted by atomic mass is 9.71. The largest absolute Gasteiger partial charge is 0.383 e. The number of rotatable bonds is 2. The summed E-state index contributed by atoms with van der Waals surface area (Å²) in [4.78, 5) is 2.17. The summed E-state index contributed by atoms with van der Waals surface area (Å²) >= 11 is 0. The second-order valence-electron chi connectivity index (χ2n) is 6.18. The van der Waals surface area contributed by atoms with Gasteiger partial charge in [0.25, 0.3) is 0 Å². The van der Waals surface area contributed by atoms with Crippen LogP contribution in [0.3, 0.4) is 0 Å². The summed E-state index contributed by atoms with van der Waals surface area (Å²) in [5.41, 5.74) is -0.155. The van der Waals surface area contributed by atoms with E-state index >= 15 is 0 Å². The molecule has 2 aliphatic heterocycles. The Morgan fingerprint density at radius 2 is 2.31 bits per heavy atom. The van der Waals surface area contributed by atoms with Gasteiger partial charge in [0.15, 0.2) is 0 Å². The standard InChI is InChI=1S/C13H24FNO/c1-12(2,3)13-6-5-7-15(13)11(9-16-4)10(14)8-13/h10-11H,5-9H2,1-4H3/i4D3. The van der Waals surface area contributed by atoms with Crippen molar-refractivity contribution in [2.45, 2.75) is 57.8 Å². The van der Waals surface area contributed by atoms with Crippen LogP contribution in [-0.2, 0) is 4.74 Å². The molecule has 2 rings (SSSR count). The third-order valence-corrected chi connectivity index (χ3v) is 4.54. The molecule has 3 unspecified atom stereocenters. The van der Waals surface area contributed by atoms with Gasteiger partial charge in [-0.1, -0.05) is 20.8 Å². The lowest BCUT2D eigenvalue weighted by molar-refractivity contribution is 0.0165. The van der Waals surface area contributed by atoms with Crippen molar-refractivity contribution in [1.82, 2.24) is 4.90 Å². The second kappa shape index (κ2) is 3.95. The van der Waals surface area contributed by atoms with E-state index in [1.807, 2.05) is 0 Å². The maximum absolute atomic E-state index is 14.4. The first-order valence-corrected chi connectivity index (χ1v) is 6.12. The molecule has 16 heavy (non-hydrogen) atoms. The van der Waals surface area contributed by atoms with Crippen molar-refractivity contribution in [3.63, 3.8) is 0 Å². The van der Waals surface area contributed by atoms with Gasteiger partial charge in [-0.3, -0.25) is 4.90 Å². The monoisotopic (exact) mass is 232 g/mol. The van der Waals surface area contributed by atoms with E-state index in [0.717, 1.165) is 19.4 Å². The fourth-order valence-corrected chi connectivity index (χ4v) is 3.65. The Balaban J connectivity index is 2.15. The molecule has 0 aliphatic carbocycles. The zero-order chi connectivity index (χ0) is 14.5. The molecule has 2 aliphatic rings. The van der Waals surface area contributed by atoms with Crippen molar-refractivity contribution in [2.75, 3.05) is 20.2 Å². The summed E-state index contributed by atoms with van der Waals surface area (Å²) in [6.45, 7) is 7.23. The molecule has 0 N–H and O–H groups in total. The molecule has 0 saturated carbocycles. The highest BCUT2D eigenvalue weighted by Gasteiger charge is 2.59. The highest BCUT2D eigenvalue weighted by atomic mass is 19.1. The number of fused-ring (bicyclic) bond motifs is 1. The molecule has 2 heterocycles. The smallest absolute Gasteiger partial charge is 0.120 e. The molecule has 0 aromatic carbocycles. The highest BCUT2D eigenvalue weighted by molar-refractivity contribution is 5.13. The first kappa shape index (κ1) is 8.87. The van der Waals surface area contributed by atoms with Crippen molar-refractivity contribution in [1.29, 1.82) is 0 Å². The normalized spacial score (nSPS) is 43.9. The maximum atomic E-state index is 14.4. The van der Waals surface area contributed by atoms with Gasteiger partial charge in [-0.15, -0.1) is 0 Å². The summed E-state index contributed by atoms with van der Waals surface area (Å²) < 4.78 is 40.5. The van der Waals surface area contributed by atoms with Gasteiger partial charge in [0.2, 0.25) is 0 Å². The maximum Gasteiger partial charge on any atom is 0.120 e. The number of hydrogen-bond donors (Lipinski definition) is 0. The van der Waals surface area contributed by atoms with Crippen LogP contribution in [-0.4, -0.2) is 42.8 Å². The van der Waals surface area contributed by atoms with E-state index in [-0.39, 0.29) is 17.6 Å². The number of halogens is 1. The molecular formula is C13H24FNO. The number of hydrogen-bond acceptors (Lipinski definition) is 2. The van der Waals surface area contributed by atoms with Crippen molar-refractivity contribution in [3.8, 4) is 0 Å². The predicted molar refractivity (Wildman–Crippen MR) is 63.3 cm³/mol. The lowest BCUT2D eigenvalue weighted by Crippen LogP contribution is -2.52. The van der Waals surface area contributed by atoms with Crippen LogP contribution in [0.15, 0.2) is 0 Å². The van der Waals surface area contributed by atoms with Crippen LogP contribution in [0.4, 0.5) is 4.39 Å². The molecule has 0 bridgehead atoms. The molecule has 3 atom stereocenters. The van der Waals surface area contributed by atoms with Crippen LogP contribution in [0.25, 0.3) is 0 Å². The molecule has 2 saturated heterocycles. The molecule has 0 amide bonds. The number of ether oxygens (including phenoxy) is 1. The van der Waals surface area contributed by atoms with Crippen molar-refractivity contribution < 1.29 is 13.2 Å². The summed E-state index contributed by atoms with van der Waals surface area (Å²) in [6.07, 6.45) is 1.53. The quantitative estimate of drug-likeness (QED) is 0.725. The second-order valence-corrected chi connectivity index (χ2v) is 6.18. The van der Waals surface area contributed by atoms with Gasteiger partial charge in [-0.2, -0.15) is 0 Å². The lowest BCUT2D eigenvalue weighted by Gasteiger charge is -2.45. The van der Waals surface area contributed by atoms with Crippen LogP contribution in [0.5, 0.6) is 0 Å². The first-order valence-electron chi connectivity index (χ1n) is 7.62. The summed E-state index contributed by atoms with van der Waals surface area (Å²) in [5.74, 6) is 0. The summed E-state index contributed by atoms with van der Waals surface area (Å²) in [7, 11) is -2.44. The number of methoxy groups -OCH3 is 1. The topological polar surface area (TPSA) is 12.5 Å². The van der Waals surface area contributed by atoms with Crippen molar-refractivity contribution in [2.24, 2.45) is 5.41 Å². The van der Waals surface area contributed by atoms with Crippen LogP contribution in [0.2, 0.25) is 0 Å². The molecule has 0 radical (unpaired) electrons. The highest BCUT2D eigenvalue weighted by Crippen LogP contribution is 2.53. The van der Waals surface area contributed by atoms with E-state index in [2.05, 4.69) is 25.7 Å². The van der Waals surface area contributed by atoms with Crippen LogP contribution >= 0.6 is 0 Å². The summed E-state index contributed by atoms with van der Waals surface area (Å²) in [6, 6.07) is -0.415. The minimum Gasteiger partial charge on any atom is -0.383 e. The van der Waals surface area contributed by atoms with Gasteiger partial charge in [-0.05, 0) is 31.2 Å². The van der Waals surface area contributed by atoms with Gasteiger partial charge in [0, 0.05) is 12.6 Å². The minimum atomic E-state index is -2.44. The minimum absolute atomic E-state index is 0.0113. The molecule has 0 spiro atoms. The Labute approximate surface area is 102 Å². The number of alkyl halides is 1. The zero-order valence-electron chi connectivity index (χ0n) is 13.4. The molecule has 3 heteroatoms. The van der Waals surface area contributed by atoms with Crippen LogP contribution < -0.4 is 0 Å². The van der Waals surface area contributed by atoms with E-state index in [1.165, 1.54) is 0 Å². The average Bonchev–Trinajstić information content (AvgIpc) is 2.69. The van der Waals surface area contributed by atoms with E-state index in [0.29, 0.717) is 6.42 Å². The van der Waals surface area contributed by atoms with E-state index in [9.17, 15) is 4.39 Å². The predicted octanol–water partition coefficient (Wildman–Crippen LogP) is 2.62. The molecule has 0 aromatic heterocycles. The summed E-state index contributed by atoms with van der Waals surface area (Å²) in [5, 5.41) is 0. The molecular weight excluding hydrogens is 205 g/mol. The van der Waals surface area contributed by atoms with Gasteiger partial charge in [-0.25, -0.2) is 4.39 Å². The number of nitrogens with zero attached hydrogens (tertiary/aromatic N) is 1. The Morgan fingerprint density at radius 3 is 2.94 bits per heavy atom. The van der Waals surface area contributed by atoms with Gasteiger partial charge in [0.05, 0.1) is 16.8 Å². The SMILES string of the molecule is [2H]C([2H])([2H])OCC1C(F)CC2(C(C)(C)C)CCCN12.